The number of amides is 1. The summed E-state index contributed by atoms with van der Waals surface area (Å²) in [6.45, 7) is 11.4. The average molecular weight is 257 g/mol. The van der Waals surface area contributed by atoms with E-state index in [4.69, 9.17) is 10.9 Å². The summed E-state index contributed by atoms with van der Waals surface area (Å²) >= 11 is 0. The molecule has 18 heavy (non-hydrogen) atoms. The first-order chi connectivity index (χ1) is 8.29. The maximum atomic E-state index is 12.3. The van der Waals surface area contributed by atoms with Crippen molar-refractivity contribution in [1.82, 2.24) is 4.90 Å². The van der Waals surface area contributed by atoms with Gasteiger partial charge in [-0.3, -0.25) is 4.79 Å². The normalized spacial score (nSPS) is 14.1. The zero-order valence-electron chi connectivity index (χ0n) is 12.2. The number of carbonyl (C=O) groups excluding carboxylic acids is 1. The lowest BCUT2D eigenvalue weighted by atomic mass is 9.96. The molecule has 106 valence electrons. The summed E-state index contributed by atoms with van der Waals surface area (Å²) < 4.78 is 0. The number of hydrogen-bond acceptors (Lipinski definition) is 3. The van der Waals surface area contributed by atoms with E-state index in [0.717, 1.165) is 0 Å². The van der Waals surface area contributed by atoms with Crippen LogP contribution in [0.5, 0.6) is 0 Å². The predicted octanol–water partition coefficient (Wildman–Crippen LogP) is 1.90. The quantitative estimate of drug-likeness (QED) is 0.316. The Balaban J connectivity index is 4.61. The van der Waals surface area contributed by atoms with Crippen LogP contribution in [0.2, 0.25) is 0 Å². The van der Waals surface area contributed by atoms with E-state index in [-0.39, 0.29) is 17.7 Å². The number of amidine groups is 1. The van der Waals surface area contributed by atoms with Crippen LogP contribution in [0.1, 0.15) is 41.0 Å². The Hall–Kier alpha value is -1.26. The van der Waals surface area contributed by atoms with Gasteiger partial charge in [0.2, 0.25) is 5.91 Å². The largest absolute Gasteiger partial charge is 0.409 e. The SMILES string of the molecule is CC(C)CN(CCC(N)=NO)C(=O)C(C)C(C)C. The molecule has 0 aromatic rings. The Morgan fingerprint density at radius 2 is 1.83 bits per heavy atom. The molecule has 0 saturated carbocycles. The van der Waals surface area contributed by atoms with E-state index in [1.807, 2.05) is 25.7 Å². The van der Waals surface area contributed by atoms with Gasteiger partial charge in [0.1, 0.15) is 5.84 Å². The molecule has 5 heteroatoms. The topological polar surface area (TPSA) is 78.9 Å². The monoisotopic (exact) mass is 257 g/mol. The summed E-state index contributed by atoms with van der Waals surface area (Å²) in [5, 5.41) is 11.5. The molecule has 0 aliphatic rings. The summed E-state index contributed by atoms with van der Waals surface area (Å²) in [6.07, 6.45) is 0.403. The zero-order chi connectivity index (χ0) is 14.3. The molecule has 0 spiro atoms. The van der Waals surface area contributed by atoms with Gasteiger partial charge in [0.25, 0.3) is 0 Å². The Bertz CT molecular complexity index is 288. The molecule has 0 rings (SSSR count). The van der Waals surface area contributed by atoms with Gasteiger partial charge in [0.15, 0.2) is 0 Å². The number of nitrogens with two attached hydrogens (primary N) is 1. The fraction of sp³-hybridized carbons (Fsp3) is 0.846. The predicted molar refractivity (Wildman–Crippen MR) is 73.4 cm³/mol. The van der Waals surface area contributed by atoms with E-state index < -0.39 is 0 Å². The lowest BCUT2D eigenvalue weighted by molar-refractivity contribution is -0.136. The number of rotatable bonds is 7. The lowest BCUT2D eigenvalue weighted by Gasteiger charge is -2.28. The number of hydrogen-bond donors (Lipinski definition) is 2. The first kappa shape index (κ1) is 16.7. The fourth-order valence-corrected chi connectivity index (χ4v) is 1.60. The molecule has 0 aromatic heterocycles. The Morgan fingerprint density at radius 3 is 2.22 bits per heavy atom. The van der Waals surface area contributed by atoms with E-state index in [1.165, 1.54) is 0 Å². The summed E-state index contributed by atoms with van der Waals surface area (Å²) in [5.74, 6) is 1.02. The van der Waals surface area contributed by atoms with E-state index in [0.29, 0.717) is 31.3 Å². The number of nitrogens with zero attached hydrogens (tertiary/aromatic N) is 2. The molecule has 0 bridgehead atoms. The van der Waals surface area contributed by atoms with Crippen molar-refractivity contribution in [2.75, 3.05) is 13.1 Å². The molecule has 0 fully saturated rings. The van der Waals surface area contributed by atoms with Gasteiger partial charge >= 0.3 is 0 Å². The molecular weight excluding hydrogens is 230 g/mol. The van der Waals surface area contributed by atoms with Gasteiger partial charge in [-0.15, -0.1) is 0 Å². The minimum atomic E-state index is -0.00367. The molecule has 0 aliphatic carbocycles. The lowest BCUT2D eigenvalue weighted by Crippen LogP contribution is -2.41. The number of oxime groups is 1. The van der Waals surface area contributed by atoms with E-state index in [9.17, 15) is 4.79 Å². The first-order valence-electron chi connectivity index (χ1n) is 6.54. The Morgan fingerprint density at radius 1 is 1.28 bits per heavy atom. The van der Waals surface area contributed by atoms with Crippen molar-refractivity contribution in [3.63, 3.8) is 0 Å². The Kier molecular flexibility index (Phi) is 7.39. The van der Waals surface area contributed by atoms with Crippen molar-refractivity contribution in [3.8, 4) is 0 Å². The number of carbonyl (C=O) groups is 1. The van der Waals surface area contributed by atoms with Crippen LogP contribution < -0.4 is 5.73 Å². The average Bonchev–Trinajstić information content (AvgIpc) is 2.31. The summed E-state index contributed by atoms with van der Waals surface area (Å²) in [4.78, 5) is 14.1. The molecule has 1 atom stereocenters. The van der Waals surface area contributed by atoms with Crippen molar-refractivity contribution in [3.05, 3.63) is 0 Å². The second kappa shape index (κ2) is 7.95. The molecule has 0 radical (unpaired) electrons. The molecule has 1 amide bonds. The molecule has 0 heterocycles. The van der Waals surface area contributed by atoms with Crippen LogP contribution in [0.25, 0.3) is 0 Å². The van der Waals surface area contributed by atoms with Crippen LogP contribution in [0.4, 0.5) is 0 Å². The van der Waals surface area contributed by atoms with Crippen LogP contribution >= 0.6 is 0 Å². The van der Waals surface area contributed by atoms with Crippen molar-refractivity contribution in [2.24, 2.45) is 28.6 Å². The van der Waals surface area contributed by atoms with E-state index in [1.54, 1.807) is 0 Å². The summed E-state index contributed by atoms with van der Waals surface area (Å²) in [5.41, 5.74) is 5.45. The maximum absolute atomic E-state index is 12.3. The van der Waals surface area contributed by atoms with E-state index in [2.05, 4.69) is 19.0 Å². The van der Waals surface area contributed by atoms with Crippen LogP contribution in [-0.4, -0.2) is 34.9 Å². The van der Waals surface area contributed by atoms with Gasteiger partial charge in [-0.05, 0) is 11.8 Å². The summed E-state index contributed by atoms with van der Waals surface area (Å²) in [7, 11) is 0. The van der Waals surface area contributed by atoms with Crippen LogP contribution in [-0.2, 0) is 4.79 Å². The molecular formula is C13H27N3O2. The third-order valence-corrected chi connectivity index (χ3v) is 3.05. The third-order valence-electron chi connectivity index (χ3n) is 3.05. The molecule has 0 aromatic carbocycles. The molecule has 3 N–H and O–H groups in total. The van der Waals surface area contributed by atoms with Crippen molar-refractivity contribution in [2.45, 2.75) is 41.0 Å². The van der Waals surface area contributed by atoms with Gasteiger partial charge in [0.05, 0.1) is 0 Å². The fourth-order valence-electron chi connectivity index (χ4n) is 1.60. The molecule has 1 unspecified atom stereocenters. The molecule has 0 aliphatic heterocycles. The molecule has 5 nitrogen and oxygen atoms in total. The minimum Gasteiger partial charge on any atom is -0.409 e. The highest BCUT2D eigenvalue weighted by atomic mass is 16.4. The van der Waals surface area contributed by atoms with Crippen molar-refractivity contribution in [1.29, 1.82) is 0 Å². The van der Waals surface area contributed by atoms with Gasteiger partial charge in [-0.1, -0.05) is 39.8 Å². The highest BCUT2D eigenvalue weighted by molar-refractivity contribution is 5.82. The van der Waals surface area contributed by atoms with Gasteiger partial charge in [-0.25, -0.2) is 0 Å². The maximum Gasteiger partial charge on any atom is 0.225 e. The minimum absolute atomic E-state index is 0.00367. The van der Waals surface area contributed by atoms with Crippen molar-refractivity contribution < 1.29 is 10.0 Å². The Labute approximate surface area is 110 Å². The molecule has 0 saturated heterocycles. The van der Waals surface area contributed by atoms with Crippen LogP contribution in [0.15, 0.2) is 5.16 Å². The van der Waals surface area contributed by atoms with Gasteiger partial charge in [-0.2, -0.15) is 0 Å². The van der Waals surface area contributed by atoms with E-state index >= 15 is 0 Å². The third kappa shape index (κ3) is 5.89. The first-order valence-corrected chi connectivity index (χ1v) is 6.54. The van der Waals surface area contributed by atoms with Gasteiger partial charge in [0, 0.05) is 25.4 Å². The summed E-state index contributed by atoms with van der Waals surface area (Å²) in [6, 6.07) is 0. The second-order valence-corrected chi connectivity index (χ2v) is 5.55. The smallest absolute Gasteiger partial charge is 0.225 e. The van der Waals surface area contributed by atoms with Crippen LogP contribution in [0, 0.1) is 17.8 Å². The highest BCUT2D eigenvalue weighted by Gasteiger charge is 2.23. The van der Waals surface area contributed by atoms with Crippen molar-refractivity contribution >= 4 is 11.7 Å². The highest BCUT2D eigenvalue weighted by Crippen LogP contribution is 2.15. The van der Waals surface area contributed by atoms with Gasteiger partial charge < -0.3 is 15.8 Å². The zero-order valence-corrected chi connectivity index (χ0v) is 12.2. The standard InChI is InChI=1S/C13H27N3O2/c1-9(2)8-16(7-6-12(14)15-18)13(17)11(5)10(3)4/h9-11,18H,6-8H2,1-5H3,(H2,14,15). The van der Waals surface area contributed by atoms with Crippen LogP contribution in [0.3, 0.4) is 0 Å². The second-order valence-electron chi connectivity index (χ2n) is 5.55.